The van der Waals surface area contributed by atoms with Crippen molar-refractivity contribution in [3.8, 4) is 11.5 Å². The van der Waals surface area contributed by atoms with Gasteiger partial charge in [0.2, 0.25) is 0 Å². The minimum absolute atomic E-state index is 0.0364. The maximum atomic E-state index is 13.2. The molecule has 4 rings (SSSR count). The monoisotopic (exact) mass is 430 g/mol. The van der Waals surface area contributed by atoms with E-state index in [1.54, 1.807) is 35.1 Å². The van der Waals surface area contributed by atoms with Gasteiger partial charge in [0.05, 0.1) is 7.11 Å². The Morgan fingerprint density at radius 2 is 1.38 bits per heavy atom. The van der Waals surface area contributed by atoms with Gasteiger partial charge >= 0.3 is 0 Å². The van der Waals surface area contributed by atoms with Gasteiger partial charge < -0.3 is 19.3 Å². The smallest absolute Gasteiger partial charge is 0.254 e. The lowest BCUT2D eigenvalue weighted by Gasteiger charge is -2.35. The van der Waals surface area contributed by atoms with Gasteiger partial charge in [0.1, 0.15) is 18.1 Å². The van der Waals surface area contributed by atoms with Crippen molar-refractivity contribution in [3.05, 3.63) is 95.6 Å². The number of benzene rings is 3. The molecule has 1 aliphatic rings. The van der Waals surface area contributed by atoms with Gasteiger partial charge in [-0.3, -0.25) is 9.59 Å². The zero-order valence-corrected chi connectivity index (χ0v) is 18.1. The van der Waals surface area contributed by atoms with Crippen LogP contribution in [0.15, 0.2) is 78.9 Å². The Morgan fingerprint density at radius 1 is 0.750 bits per heavy atom. The molecule has 164 valence electrons. The van der Waals surface area contributed by atoms with Gasteiger partial charge in [0.15, 0.2) is 0 Å². The molecule has 0 N–H and O–H groups in total. The highest BCUT2D eigenvalue weighted by Gasteiger charge is 2.26. The number of amides is 2. The van der Waals surface area contributed by atoms with E-state index in [1.165, 1.54) is 0 Å². The Morgan fingerprint density at radius 3 is 2.09 bits per heavy atom. The summed E-state index contributed by atoms with van der Waals surface area (Å²) in [6.07, 6.45) is 0. The molecule has 1 saturated heterocycles. The van der Waals surface area contributed by atoms with E-state index in [2.05, 4.69) is 0 Å². The van der Waals surface area contributed by atoms with Crippen molar-refractivity contribution in [1.29, 1.82) is 0 Å². The van der Waals surface area contributed by atoms with E-state index in [9.17, 15) is 9.59 Å². The van der Waals surface area contributed by atoms with Crippen molar-refractivity contribution >= 4 is 11.8 Å². The van der Waals surface area contributed by atoms with Crippen LogP contribution in [0.4, 0.5) is 0 Å². The summed E-state index contributed by atoms with van der Waals surface area (Å²) in [5.74, 6) is 1.33. The lowest BCUT2D eigenvalue weighted by Crippen LogP contribution is -2.50. The molecule has 6 nitrogen and oxygen atoms in total. The Bertz CT molecular complexity index is 1080. The summed E-state index contributed by atoms with van der Waals surface area (Å²) in [5, 5.41) is 0. The molecule has 1 fully saturated rings. The second kappa shape index (κ2) is 10.0. The highest BCUT2D eigenvalue weighted by molar-refractivity contribution is 5.97. The average Bonchev–Trinajstić information content (AvgIpc) is 2.87. The number of piperazine rings is 1. The topological polar surface area (TPSA) is 59.1 Å². The molecule has 0 bridgehead atoms. The normalized spacial score (nSPS) is 13.5. The predicted molar refractivity (Wildman–Crippen MR) is 122 cm³/mol. The van der Waals surface area contributed by atoms with Gasteiger partial charge in [0, 0.05) is 42.9 Å². The number of ether oxygens (including phenoxy) is 2. The summed E-state index contributed by atoms with van der Waals surface area (Å²) < 4.78 is 11.1. The molecule has 1 heterocycles. The van der Waals surface area contributed by atoms with Crippen LogP contribution in [0.1, 0.15) is 26.3 Å². The van der Waals surface area contributed by atoms with Crippen LogP contribution in [0, 0.1) is 0 Å². The molecule has 0 aliphatic carbocycles. The van der Waals surface area contributed by atoms with E-state index in [1.807, 2.05) is 60.7 Å². The minimum atomic E-state index is -0.0485. The van der Waals surface area contributed by atoms with Gasteiger partial charge in [-0.1, -0.05) is 42.5 Å². The number of carbonyl (C=O) groups is 2. The fourth-order valence-electron chi connectivity index (χ4n) is 3.75. The molecular formula is C26H26N2O4. The number of nitrogens with zero attached hydrogens (tertiary/aromatic N) is 2. The van der Waals surface area contributed by atoms with Crippen LogP contribution >= 0.6 is 0 Å². The van der Waals surface area contributed by atoms with Crippen LogP contribution in [-0.2, 0) is 6.61 Å². The third-order valence-electron chi connectivity index (χ3n) is 5.56. The Hall–Kier alpha value is -3.80. The van der Waals surface area contributed by atoms with Gasteiger partial charge in [-0.05, 0) is 36.4 Å². The summed E-state index contributed by atoms with van der Waals surface area (Å²) in [7, 11) is 1.58. The van der Waals surface area contributed by atoms with E-state index in [-0.39, 0.29) is 11.8 Å². The maximum absolute atomic E-state index is 13.2. The molecule has 0 atom stereocenters. The first-order valence-corrected chi connectivity index (χ1v) is 10.6. The van der Waals surface area contributed by atoms with Crippen LogP contribution in [0.25, 0.3) is 0 Å². The Labute approximate surface area is 188 Å². The summed E-state index contributed by atoms with van der Waals surface area (Å²) in [6, 6.07) is 24.2. The van der Waals surface area contributed by atoms with Crippen LogP contribution in [0.3, 0.4) is 0 Å². The first-order valence-electron chi connectivity index (χ1n) is 10.6. The molecule has 0 spiro atoms. The highest BCUT2D eigenvalue weighted by atomic mass is 16.5. The number of hydrogen-bond donors (Lipinski definition) is 0. The van der Waals surface area contributed by atoms with E-state index < -0.39 is 0 Å². The first-order chi connectivity index (χ1) is 15.7. The standard InChI is InChI=1S/C26H26N2O4/c1-31-23-12-7-9-20(18-23)25(29)27-14-16-28(17-15-27)26(30)24-13-6-5-8-21(24)19-32-22-10-3-2-4-11-22/h2-13,18H,14-17,19H2,1H3. The fourth-order valence-corrected chi connectivity index (χ4v) is 3.75. The number of rotatable bonds is 6. The summed E-state index contributed by atoms with van der Waals surface area (Å²) >= 11 is 0. The number of para-hydroxylation sites is 1. The van der Waals surface area contributed by atoms with E-state index >= 15 is 0 Å². The lowest BCUT2D eigenvalue weighted by molar-refractivity contribution is 0.0534. The molecule has 3 aromatic carbocycles. The number of carbonyl (C=O) groups excluding carboxylic acids is 2. The van der Waals surface area contributed by atoms with Gasteiger partial charge in [-0.15, -0.1) is 0 Å². The van der Waals surface area contributed by atoms with Crippen molar-refractivity contribution in [2.75, 3.05) is 33.3 Å². The van der Waals surface area contributed by atoms with Crippen LogP contribution < -0.4 is 9.47 Å². The molecule has 0 aromatic heterocycles. The molecule has 32 heavy (non-hydrogen) atoms. The molecule has 3 aromatic rings. The second-order valence-electron chi connectivity index (χ2n) is 7.58. The second-order valence-corrected chi connectivity index (χ2v) is 7.58. The van der Waals surface area contributed by atoms with Crippen molar-refractivity contribution in [3.63, 3.8) is 0 Å². The molecule has 0 radical (unpaired) electrons. The van der Waals surface area contributed by atoms with Crippen LogP contribution in [0.2, 0.25) is 0 Å². The molecule has 6 heteroatoms. The molecule has 1 aliphatic heterocycles. The van der Waals surface area contributed by atoms with Crippen molar-refractivity contribution in [1.82, 2.24) is 9.80 Å². The fraction of sp³-hybridized carbons (Fsp3) is 0.231. The molecule has 0 saturated carbocycles. The highest BCUT2D eigenvalue weighted by Crippen LogP contribution is 2.19. The Balaban J connectivity index is 1.39. The van der Waals surface area contributed by atoms with Gasteiger partial charge in [-0.2, -0.15) is 0 Å². The number of hydrogen-bond acceptors (Lipinski definition) is 4. The summed E-state index contributed by atoms with van der Waals surface area (Å²) in [6.45, 7) is 2.28. The maximum Gasteiger partial charge on any atom is 0.254 e. The van der Waals surface area contributed by atoms with E-state index in [0.29, 0.717) is 49.7 Å². The molecule has 2 amide bonds. The third-order valence-corrected chi connectivity index (χ3v) is 5.56. The van der Waals surface area contributed by atoms with Crippen molar-refractivity contribution < 1.29 is 19.1 Å². The molecule has 0 unspecified atom stereocenters. The van der Waals surface area contributed by atoms with E-state index in [4.69, 9.17) is 9.47 Å². The summed E-state index contributed by atoms with van der Waals surface area (Å²) in [5.41, 5.74) is 2.07. The zero-order valence-electron chi connectivity index (χ0n) is 18.1. The molecular weight excluding hydrogens is 404 g/mol. The quantitative estimate of drug-likeness (QED) is 0.596. The lowest BCUT2D eigenvalue weighted by atomic mass is 10.1. The van der Waals surface area contributed by atoms with E-state index in [0.717, 1.165) is 11.3 Å². The first kappa shape index (κ1) is 21.4. The van der Waals surface area contributed by atoms with Gasteiger partial charge in [-0.25, -0.2) is 0 Å². The minimum Gasteiger partial charge on any atom is -0.497 e. The van der Waals surface area contributed by atoms with Crippen molar-refractivity contribution in [2.24, 2.45) is 0 Å². The van der Waals surface area contributed by atoms with Crippen LogP contribution in [0.5, 0.6) is 11.5 Å². The predicted octanol–water partition coefficient (Wildman–Crippen LogP) is 3.87. The largest absolute Gasteiger partial charge is 0.497 e. The zero-order chi connectivity index (χ0) is 22.3. The van der Waals surface area contributed by atoms with Gasteiger partial charge in [0.25, 0.3) is 11.8 Å². The van der Waals surface area contributed by atoms with Crippen molar-refractivity contribution in [2.45, 2.75) is 6.61 Å². The SMILES string of the molecule is COc1cccc(C(=O)N2CCN(C(=O)c3ccccc3COc3ccccc3)CC2)c1. The Kier molecular flexibility index (Phi) is 6.70. The average molecular weight is 431 g/mol. The van der Waals surface area contributed by atoms with Crippen LogP contribution in [-0.4, -0.2) is 54.9 Å². The number of methoxy groups -OCH3 is 1. The third kappa shape index (κ3) is 4.91. The summed E-state index contributed by atoms with van der Waals surface area (Å²) in [4.78, 5) is 29.6.